The number of carbonyl (C=O) groups excluding carboxylic acids is 1. The predicted octanol–water partition coefficient (Wildman–Crippen LogP) is 4.09. The molecule has 1 aromatic heterocycles. The van der Waals surface area contributed by atoms with Crippen LogP contribution in [0.25, 0.3) is 0 Å². The van der Waals surface area contributed by atoms with Crippen LogP contribution in [-0.4, -0.2) is 65.6 Å². The molecule has 0 bridgehead atoms. The molecule has 9 heteroatoms. The fourth-order valence-corrected chi connectivity index (χ4v) is 3.76. The van der Waals surface area contributed by atoms with Gasteiger partial charge in [-0.2, -0.15) is 4.98 Å². The molecular formula is C25H31N7O2. The number of nitrogens with zero attached hydrogens (tertiary/aromatic N) is 4. The van der Waals surface area contributed by atoms with Crippen LogP contribution in [0, 0.1) is 0 Å². The molecule has 0 spiro atoms. The van der Waals surface area contributed by atoms with Gasteiger partial charge in [0.05, 0.1) is 0 Å². The van der Waals surface area contributed by atoms with E-state index in [1.54, 1.807) is 43.6 Å². The Morgan fingerprint density at radius 1 is 0.912 bits per heavy atom. The molecule has 2 heterocycles. The smallest absolute Gasteiger partial charge is 0.323 e. The Labute approximate surface area is 200 Å². The van der Waals surface area contributed by atoms with Crippen LogP contribution in [0.1, 0.15) is 12.5 Å². The van der Waals surface area contributed by atoms with Crippen molar-refractivity contribution in [3.05, 3.63) is 66.4 Å². The second kappa shape index (κ2) is 11.4. The van der Waals surface area contributed by atoms with Crippen molar-refractivity contribution in [3.8, 4) is 11.6 Å². The van der Waals surface area contributed by atoms with E-state index in [9.17, 15) is 4.79 Å². The summed E-state index contributed by atoms with van der Waals surface area (Å²) in [7, 11) is 1.74. The zero-order valence-corrected chi connectivity index (χ0v) is 19.6. The largest absolute Gasteiger partial charge is 0.439 e. The molecule has 4 rings (SSSR count). The number of benzene rings is 2. The summed E-state index contributed by atoms with van der Waals surface area (Å²) >= 11 is 0. The molecule has 3 N–H and O–H groups in total. The number of urea groups is 1. The number of hydrogen-bond donors (Lipinski definition) is 3. The first-order valence-corrected chi connectivity index (χ1v) is 11.5. The molecule has 178 valence electrons. The Morgan fingerprint density at radius 3 is 2.15 bits per heavy atom. The Kier molecular flexibility index (Phi) is 7.90. The number of amides is 2. The van der Waals surface area contributed by atoms with Crippen LogP contribution in [0.3, 0.4) is 0 Å². The molecular weight excluding hydrogens is 430 g/mol. The fourth-order valence-electron chi connectivity index (χ4n) is 3.76. The van der Waals surface area contributed by atoms with E-state index in [4.69, 9.17) is 4.74 Å². The van der Waals surface area contributed by atoms with E-state index in [2.05, 4.69) is 54.8 Å². The van der Waals surface area contributed by atoms with Crippen molar-refractivity contribution in [2.45, 2.75) is 13.5 Å². The standard InChI is InChI=1S/C25H31N7O2/c1-3-31-14-16-32(17-15-31)18-19-4-6-20(7-5-19)28-25(33)29-21-8-10-22(11-9-21)34-23-12-13-27-24(26-2)30-23/h4-13H,3,14-18H2,1-2H3,(H,26,27,30)(H2,28,29,33). The van der Waals surface area contributed by atoms with Gasteiger partial charge in [0, 0.05) is 63.4 Å². The van der Waals surface area contributed by atoms with Gasteiger partial charge in [-0.3, -0.25) is 4.90 Å². The first kappa shape index (κ1) is 23.5. The molecule has 1 aliphatic rings. The number of ether oxygens (including phenoxy) is 1. The highest BCUT2D eigenvalue weighted by Crippen LogP contribution is 2.22. The summed E-state index contributed by atoms with van der Waals surface area (Å²) in [6.45, 7) is 8.70. The maximum atomic E-state index is 12.4. The van der Waals surface area contributed by atoms with Gasteiger partial charge in [-0.25, -0.2) is 9.78 Å². The van der Waals surface area contributed by atoms with Gasteiger partial charge in [0.1, 0.15) is 5.75 Å². The van der Waals surface area contributed by atoms with Crippen molar-refractivity contribution < 1.29 is 9.53 Å². The highest BCUT2D eigenvalue weighted by atomic mass is 16.5. The number of piperazine rings is 1. The van der Waals surface area contributed by atoms with Crippen molar-refractivity contribution >= 4 is 23.4 Å². The minimum atomic E-state index is -0.299. The van der Waals surface area contributed by atoms with Crippen molar-refractivity contribution in [1.82, 2.24) is 19.8 Å². The van der Waals surface area contributed by atoms with Crippen LogP contribution in [0.15, 0.2) is 60.8 Å². The summed E-state index contributed by atoms with van der Waals surface area (Å²) in [6, 6.07) is 16.5. The van der Waals surface area contributed by atoms with Crippen LogP contribution < -0.4 is 20.7 Å². The van der Waals surface area contributed by atoms with E-state index in [0.717, 1.165) is 45.0 Å². The summed E-state index contributed by atoms with van der Waals surface area (Å²) in [5.41, 5.74) is 2.66. The van der Waals surface area contributed by atoms with Gasteiger partial charge in [-0.15, -0.1) is 0 Å². The molecule has 0 saturated carbocycles. The second-order valence-electron chi connectivity index (χ2n) is 8.08. The normalized spacial score (nSPS) is 14.4. The van der Waals surface area contributed by atoms with Crippen LogP contribution in [-0.2, 0) is 6.54 Å². The maximum absolute atomic E-state index is 12.4. The Hall–Kier alpha value is -3.69. The predicted molar refractivity (Wildman–Crippen MR) is 135 cm³/mol. The zero-order valence-electron chi connectivity index (χ0n) is 19.6. The fraction of sp³-hybridized carbons (Fsp3) is 0.320. The highest BCUT2D eigenvalue weighted by molar-refractivity contribution is 5.99. The molecule has 2 amide bonds. The van der Waals surface area contributed by atoms with Crippen LogP contribution in [0.4, 0.5) is 22.1 Å². The van der Waals surface area contributed by atoms with Gasteiger partial charge in [-0.05, 0) is 48.5 Å². The maximum Gasteiger partial charge on any atom is 0.323 e. The first-order valence-electron chi connectivity index (χ1n) is 11.5. The molecule has 0 atom stereocenters. The van der Waals surface area contributed by atoms with E-state index < -0.39 is 0 Å². The summed E-state index contributed by atoms with van der Waals surface area (Å²) in [5.74, 6) is 1.53. The summed E-state index contributed by atoms with van der Waals surface area (Å²) < 4.78 is 5.73. The van der Waals surface area contributed by atoms with Crippen LogP contribution in [0.2, 0.25) is 0 Å². The SMILES string of the molecule is CCN1CCN(Cc2ccc(NC(=O)Nc3ccc(Oc4ccnc(NC)n4)cc3)cc2)CC1. The lowest BCUT2D eigenvalue weighted by molar-refractivity contribution is 0.132. The first-order chi connectivity index (χ1) is 16.6. The Bertz CT molecular complexity index is 1070. The molecule has 0 unspecified atom stereocenters. The van der Waals surface area contributed by atoms with E-state index >= 15 is 0 Å². The van der Waals surface area contributed by atoms with Crippen LogP contribution >= 0.6 is 0 Å². The van der Waals surface area contributed by atoms with Crippen molar-refractivity contribution in [1.29, 1.82) is 0 Å². The van der Waals surface area contributed by atoms with Gasteiger partial charge >= 0.3 is 6.03 Å². The number of anilines is 3. The summed E-state index contributed by atoms with van der Waals surface area (Å²) in [5, 5.41) is 8.58. The van der Waals surface area contributed by atoms with Gasteiger partial charge < -0.3 is 25.6 Å². The number of likely N-dealkylation sites (N-methyl/N-ethyl adjacent to an activating group) is 1. The van der Waals surface area contributed by atoms with E-state index in [1.807, 2.05) is 12.1 Å². The number of hydrogen-bond acceptors (Lipinski definition) is 7. The van der Waals surface area contributed by atoms with Crippen molar-refractivity contribution in [2.24, 2.45) is 0 Å². The zero-order chi connectivity index (χ0) is 23.8. The van der Waals surface area contributed by atoms with E-state index in [1.165, 1.54) is 5.56 Å². The number of aromatic nitrogens is 2. The number of nitrogens with one attached hydrogen (secondary N) is 3. The average molecular weight is 462 g/mol. The van der Waals surface area contributed by atoms with Crippen LogP contribution in [0.5, 0.6) is 11.6 Å². The lowest BCUT2D eigenvalue weighted by atomic mass is 10.2. The monoisotopic (exact) mass is 461 g/mol. The minimum Gasteiger partial charge on any atom is -0.439 e. The van der Waals surface area contributed by atoms with Gasteiger partial charge in [0.2, 0.25) is 11.8 Å². The van der Waals surface area contributed by atoms with Gasteiger partial charge in [0.25, 0.3) is 0 Å². The van der Waals surface area contributed by atoms with Gasteiger partial charge in [0.15, 0.2) is 0 Å². The molecule has 0 aliphatic carbocycles. The number of rotatable bonds is 8. The molecule has 2 aromatic carbocycles. The molecule has 9 nitrogen and oxygen atoms in total. The second-order valence-corrected chi connectivity index (χ2v) is 8.08. The average Bonchev–Trinajstić information content (AvgIpc) is 2.87. The van der Waals surface area contributed by atoms with Gasteiger partial charge in [-0.1, -0.05) is 19.1 Å². The third-order valence-electron chi connectivity index (χ3n) is 5.72. The van der Waals surface area contributed by atoms with E-state index in [-0.39, 0.29) is 6.03 Å². The Morgan fingerprint density at radius 2 is 1.53 bits per heavy atom. The molecule has 1 aliphatic heterocycles. The van der Waals surface area contributed by atoms with E-state index in [0.29, 0.717) is 23.3 Å². The lowest BCUT2D eigenvalue weighted by Gasteiger charge is -2.34. The lowest BCUT2D eigenvalue weighted by Crippen LogP contribution is -2.45. The topological polar surface area (TPSA) is 94.7 Å². The highest BCUT2D eigenvalue weighted by Gasteiger charge is 2.15. The number of carbonyl (C=O) groups is 1. The van der Waals surface area contributed by atoms with Crippen molar-refractivity contribution in [2.75, 3.05) is 55.7 Å². The quantitative estimate of drug-likeness (QED) is 0.465. The summed E-state index contributed by atoms with van der Waals surface area (Å²) in [6.07, 6.45) is 1.62. The molecule has 0 radical (unpaired) electrons. The third-order valence-corrected chi connectivity index (χ3v) is 5.72. The molecule has 1 saturated heterocycles. The summed E-state index contributed by atoms with van der Waals surface area (Å²) in [4.78, 5) is 25.6. The molecule has 3 aromatic rings. The third kappa shape index (κ3) is 6.66. The van der Waals surface area contributed by atoms with Crippen molar-refractivity contribution in [3.63, 3.8) is 0 Å². The Balaban J connectivity index is 1.24. The molecule has 1 fully saturated rings. The minimum absolute atomic E-state index is 0.299. The molecule has 34 heavy (non-hydrogen) atoms.